The maximum Gasteiger partial charge on any atom is 0.178 e. The summed E-state index contributed by atoms with van der Waals surface area (Å²) in [4.78, 5) is 12.6. The molecular weight excluding hydrogens is 264 g/mol. The van der Waals surface area contributed by atoms with Crippen LogP contribution in [0.5, 0.6) is 0 Å². The molecule has 2 aromatic heterocycles. The first kappa shape index (κ1) is 13.2. The van der Waals surface area contributed by atoms with E-state index in [9.17, 15) is 0 Å². The molecule has 0 amide bonds. The normalized spacial score (nSPS) is 24.5. The largest absolute Gasteiger partial charge is 0.370 e. The number of nitrogens with one attached hydrogen (secondary N) is 2. The van der Waals surface area contributed by atoms with Crippen molar-refractivity contribution in [1.82, 2.24) is 20.3 Å². The molecule has 0 bridgehead atoms. The lowest BCUT2D eigenvalue weighted by Crippen LogP contribution is -2.26. The van der Waals surface area contributed by atoms with Crippen LogP contribution in [0, 0.1) is 0 Å². The van der Waals surface area contributed by atoms with Gasteiger partial charge >= 0.3 is 0 Å². The minimum absolute atomic E-state index is 0.119. The van der Waals surface area contributed by atoms with Crippen LogP contribution in [0.25, 0.3) is 11.2 Å². The van der Waals surface area contributed by atoms with E-state index in [-0.39, 0.29) is 6.10 Å². The highest BCUT2D eigenvalue weighted by atomic mass is 16.5. The monoisotopic (exact) mass is 286 g/mol. The van der Waals surface area contributed by atoms with Crippen molar-refractivity contribution in [3.05, 3.63) is 23.7 Å². The molecule has 2 fully saturated rings. The van der Waals surface area contributed by atoms with Crippen LogP contribution in [-0.2, 0) is 4.74 Å². The third kappa shape index (κ3) is 2.56. The second-order valence-electron chi connectivity index (χ2n) is 6.10. The number of aromatic amines is 1. The number of piperidine rings is 1. The first-order valence-corrected chi connectivity index (χ1v) is 8.08. The molecule has 2 aliphatic heterocycles. The molecule has 2 aromatic rings. The fraction of sp³-hybridized carbons (Fsp3) is 0.625. The van der Waals surface area contributed by atoms with E-state index in [1.165, 1.54) is 24.8 Å². The number of pyridine rings is 1. The van der Waals surface area contributed by atoms with Gasteiger partial charge in [0.2, 0.25) is 0 Å². The molecule has 0 aliphatic carbocycles. The Morgan fingerprint density at radius 3 is 2.86 bits per heavy atom. The van der Waals surface area contributed by atoms with Crippen molar-refractivity contribution < 1.29 is 4.74 Å². The van der Waals surface area contributed by atoms with Crippen molar-refractivity contribution in [1.29, 1.82) is 0 Å². The SMILES string of the molecule is c1cc(C2CCNCC2)c2[nH]c(C3CCCCO3)nc2n1. The lowest BCUT2D eigenvalue weighted by Gasteiger charge is -2.23. The van der Waals surface area contributed by atoms with Crippen molar-refractivity contribution >= 4 is 11.2 Å². The van der Waals surface area contributed by atoms with Crippen LogP contribution in [0.2, 0.25) is 0 Å². The zero-order valence-corrected chi connectivity index (χ0v) is 12.3. The summed E-state index contributed by atoms with van der Waals surface area (Å²) in [6.07, 6.45) is 7.83. The van der Waals surface area contributed by atoms with E-state index in [1.54, 1.807) is 0 Å². The predicted octanol–water partition coefficient (Wildman–Crippen LogP) is 2.67. The van der Waals surface area contributed by atoms with Crippen molar-refractivity contribution in [2.45, 2.75) is 44.1 Å². The summed E-state index contributed by atoms with van der Waals surface area (Å²) >= 11 is 0. The molecule has 4 rings (SSSR count). The fourth-order valence-electron chi connectivity index (χ4n) is 3.53. The molecule has 0 spiro atoms. The molecule has 1 atom stereocenters. The molecule has 5 nitrogen and oxygen atoms in total. The number of nitrogens with zero attached hydrogens (tertiary/aromatic N) is 2. The Bertz CT molecular complexity index is 612. The van der Waals surface area contributed by atoms with Crippen molar-refractivity contribution in [3.63, 3.8) is 0 Å². The van der Waals surface area contributed by atoms with Crippen LogP contribution >= 0.6 is 0 Å². The number of aromatic nitrogens is 3. The Hall–Kier alpha value is -1.46. The van der Waals surface area contributed by atoms with Gasteiger partial charge in [0, 0.05) is 12.8 Å². The number of ether oxygens (including phenoxy) is 1. The van der Waals surface area contributed by atoms with E-state index >= 15 is 0 Å². The molecule has 2 N–H and O–H groups in total. The fourth-order valence-corrected chi connectivity index (χ4v) is 3.53. The Balaban J connectivity index is 1.69. The Kier molecular flexibility index (Phi) is 3.61. The number of imidazole rings is 1. The molecule has 112 valence electrons. The van der Waals surface area contributed by atoms with Crippen molar-refractivity contribution in [2.75, 3.05) is 19.7 Å². The maximum atomic E-state index is 5.85. The average molecular weight is 286 g/mol. The van der Waals surface area contributed by atoms with E-state index < -0.39 is 0 Å². The third-order valence-electron chi connectivity index (χ3n) is 4.71. The van der Waals surface area contributed by atoms with Gasteiger partial charge in [-0.1, -0.05) is 0 Å². The molecule has 1 unspecified atom stereocenters. The molecule has 5 heteroatoms. The van der Waals surface area contributed by atoms with Crippen molar-refractivity contribution in [2.24, 2.45) is 0 Å². The minimum atomic E-state index is 0.119. The van der Waals surface area contributed by atoms with E-state index in [0.29, 0.717) is 5.92 Å². The third-order valence-corrected chi connectivity index (χ3v) is 4.71. The highest BCUT2D eigenvalue weighted by Gasteiger charge is 2.23. The smallest absolute Gasteiger partial charge is 0.178 e. The zero-order chi connectivity index (χ0) is 14.1. The van der Waals surface area contributed by atoms with Gasteiger partial charge in [0.15, 0.2) is 5.65 Å². The second-order valence-corrected chi connectivity index (χ2v) is 6.10. The van der Waals surface area contributed by atoms with Gasteiger partial charge in [0.1, 0.15) is 11.9 Å². The molecule has 21 heavy (non-hydrogen) atoms. The van der Waals surface area contributed by atoms with E-state index in [2.05, 4.69) is 26.3 Å². The van der Waals surface area contributed by atoms with Crippen LogP contribution in [0.15, 0.2) is 12.3 Å². The summed E-state index contributed by atoms with van der Waals surface area (Å²) in [5.74, 6) is 1.57. The average Bonchev–Trinajstić information content (AvgIpc) is 3.00. The Morgan fingerprint density at radius 2 is 2.05 bits per heavy atom. The second kappa shape index (κ2) is 5.73. The van der Waals surface area contributed by atoms with E-state index in [1.807, 2.05) is 6.20 Å². The minimum Gasteiger partial charge on any atom is -0.370 e. The number of H-pyrrole nitrogens is 1. The molecule has 2 aliphatic rings. The summed E-state index contributed by atoms with van der Waals surface area (Å²) in [5.41, 5.74) is 3.33. The van der Waals surface area contributed by atoms with Crippen molar-refractivity contribution in [3.8, 4) is 0 Å². The quantitative estimate of drug-likeness (QED) is 0.891. The summed E-state index contributed by atoms with van der Waals surface area (Å²) in [6.45, 7) is 3.04. The van der Waals surface area contributed by atoms with Crippen LogP contribution in [-0.4, -0.2) is 34.6 Å². The summed E-state index contributed by atoms with van der Waals surface area (Å²) in [7, 11) is 0. The predicted molar refractivity (Wildman–Crippen MR) is 81.3 cm³/mol. The number of hydrogen-bond acceptors (Lipinski definition) is 4. The number of rotatable bonds is 2. The van der Waals surface area contributed by atoms with Gasteiger partial charge in [-0.15, -0.1) is 0 Å². The van der Waals surface area contributed by atoms with Gasteiger partial charge in [-0.25, -0.2) is 9.97 Å². The molecule has 2 saturated heterocycles. The van der Waals surface area contributed by atoms with Gasteiger partial charge in [0.05, 0.1) is 5.52 Å². The first-order valence-electron chi connectivity index (χ1n) is 8.08. The van der Waals surface area contributed by atoms with E-state index in [4.69, 9.17) is 4.74 Å². The van der Waals surface area contributed by atoms with Crippen LogP contribution in [0.3, 0.4) is 0 Å². The van der Waals surface area contributed by atoms with E-state index in [0.717, 1.165) is 49.5 Å². The number of hydrogen-bond donors (Lipinski definition) is 2. The van der Waals surface area contributed by atoms with Crippen LogP contribution in [0.1, 0.15) is 55.5 Å². The zero-order valence-electron chi connectivity index (χ0n) is 12.3. The van der Waals surface area contributed by atoms with Crippen LogP contribution < -0.4 is 5.32 Å². The molecule has 0 saturated carbocycles. The van der Waals surface area contributed by atoms with Gasteiger partial charge in [-0.3, -0.25) is 0 Å². The van der Waals surface area contributed by atoms with Gasteiger partial charge < -0.3 is 15.0 Å². The standard InChI is InChI=1S/C16H22N4O/c1-2-10-21-13(3-1)15-19-14-12(6-9-18-16(14)20-15)11-4-7-17-8-5-11/h6,9,11,13,17H,1-5,7-8,10H2,(H,18,19,20). The van der Waals surface area contributed by atoms with Gasteiger partial charge in [-0.05, 0) is 62.7 Å². The molecule has 4 heterocycles. The molecular formula is C16H22N4O. The lowest BCUT2D eigenvalue weighted by atomic mass is 9.90. The lowest BCUT2D eigenvalue weighted by molar-refractivity contribution is 0.0101. The first-order chi connectivity index (χ1) is 10.4. The van der Waals surface area contributed by atoms with Gasteiger partial charge in [-0.2, -0.15) is 0 Å². The Morgan fingerprint density at radius 1 is 1.14 bits per heavy atom. The summed E-state index contributed by atoms with van der Waals surface area (Å²) < 4.78 is 5.85. The topological polar surface area (TPSA) is 62.8 Å². The van der Waals surface area contributed by atoms with Gasteiger partial charge in [0.25, 0.3) is 0 Å². The Labute approximate surface area is 124 Å². The summed E-state index contributed by atoms with van der Waals surface area (Å²) in [6, 6.07) is 2.15. The van der Waals surface area contributed by atoms with Crippen LogP contribution in [0.4, 0.5) is 0 Å². The molecule has 0 aromatic carbocycles. The molecule has 0 radical (unpaired) electrons. The highest BCUT2D eigenvalue weighted by molar-refractivity contribution is 5.75. The summed E-state index contributed by atoms with van der Waals surface area (Å²) in [5, 5.41) is 3.43. The maximum absolute atomic E-state index is 5.85. The highest BCUT2D eigenvalue weighted by Crippen LogP contribution is 2.32. The number of fused-ring (bicyclic) bond motifs is 1.